The number of ether oxygens (including phenoxy) is 1. The van der Waals surface area contributed by atoms with Crippen LogP contribution in [-0.4, -0.2) is 46.0 Å². The van der Waals surface area contributed by atoms with E-state index >= 15 is 0 Å². The highest BCUT2D eigenvalue weighted by Gasteiger charge is 2.30. The second kappa shape index (κ2) is 7.26. The van der Waals surface area contributed by atoms with Gasteiger partial charge in [0.1, 0.15) is 10.6 Å². The summed E-state index contributed by atoms with van der Waals surface area (Å²) in [6.45, 7) is 1.72. The molecule has 0 aromatic heterocycles. The molecule has 2 rings (SSSR count). The monoisotopic (exact) mass is 320 g/mol. The molecule has 0 amide bonds. The normalized spacial score (nSPS) is 16.8. The molecule has 0 unspecified atom stereocenters. The second-order valence-corrected chi connectivity index (χ2v) is 6.62. The third-order valence-electron chi connectivity index (χ3n) is 3.55. The van der Waals surface area contributed by atoms with E-state index in [4.69, 9.17) is 4.74 Å². The van der Waals surface area contributed by atoms with Gasteiger partial charge >= 0.3 is 0 Å². The van der Waals surface area contributed by atoms with Crippen LogP contribution in [0, 0.1) is 0 Å². The number of hydrogen-bond acceptors (Lipinski definition) is 4. The molecular weight excluding hydrogens is 300 g/mol. The second-order valence-electron chi connectivity index (χ2n) is 4.65. The van der Waals surface area contributed by atoms with Crippen LogP contribution in [0.4, 0.5) is 0 Å². The molecule has 1 fully saturated rings. The molecule has 0 bridgehead atoms. The number of sulfonamides is 1. The fourth-order valence-electron chi connectivity index (χ4n) is 2.35. The number of hydrogen-bond donors (Lipinski definition) is 1. The maximum atomic E-state index is 12.6. The van der Waals surface area contributed by atoms with Gasteiger partial charge < -0.3 is 10.1 Å². The molecule has 5 nitrogen and oxygen atoms in total. The highest BCUT2D eigenvalue weighted by Crippen LogP contribution is 2.27. The SMILES string of the molecule is COc1ccccc1S(=O)(=O)N(C)C1CCNCC1.Cl. The summed E-state index contributed by atoms with van der Waals surface area (Å²) in [7, 11) is -0.365. The number of halogens is 1. The van der Waals surface area contributed by atoms with Crippen LogP contribution < -0.4 is 10.1 Å². The Kier molecular flexibility index (Phi) is 6.26. The first-order valence-corrected chi connectivity index (χ1v) is 7.83. The largest absolute Gasteiger partial charge is 0.495 e. The van der Waals surface area contributed by atoms with Crippen LogP contribution in [0.2, 0.25) is 0 Å². The summed E-state index contributed by atoms with van der Waals surface area (Å²) < 4.78 is 31.9. The Morgan fingerprint density at radius 1 is 1.25 bits per heavy atom. The number of methoxy groups -OCH3 is 1. The average Bonchev–Trinajstić information content (AvgIpc) is 2.47. The van der Waals surface area contributed by atoms with Crippen molar-refractivity contribution in [3.8, 4) is 5.75 Å². The van der Waals surface area contributed by atoms with Crippen molar-refractivity contribution in [2.75, 3.05) is 27.2 Å². The van der Waals surface area contributed by atoms with Gasteiger partial charge in [-0.1, -0.05) is 12.1 Å². The lowest BCUT2D eigenvalue weighted by atomic mass is 10.1. The van der Waals surface area contributed by atoms with Gasteiger partial charge in [-0.2, -0.15) is 4.31 Å². The minimum absolute atomic E-state index is 0. The first-order valence-electron chi connectivity index (χ1n) is 6.39. The maximum absolute atomic E-state index is 12.6. The molecule has 1 aromatic rings. The summed E-state index contributed by atoms with van der Waals surface area (Å²) in [5.74, 6) is 0.392. The van der Waals surface area contributed by atoms with Crippen LogP contribution in [0.25, 0.3) is 0 Å². The van der Waals surface area contributed by atoms with E-state index < -0.39 is 10.0 Å². The van der Waals surface area contributed by atoms with Gasteiger partial charge in [0.2, 0.25) is 10.0 Å². The van der Waals surface area contributed by atoms with Crippen LogP contribution in [0.1, 0.15) is 12.8 Å². The van der Waals surface area contributed by atoms with E-state index in [1.165, 1.54) is 11.4 Å². The molecule has 0 aliphatic carbocycles. The summed E-state index contributed by atoms with van der Waals surface area (Å²) in [6, 6.07) is 6.79. The lowest BCUT2D eigenvalue weighted by molar-refractivity contribution is 0.295. The Labute approximate surface area is 126 Å². The van der Waals surface area contributed by atoms with Crippen molar-refractivity contribution in [3.63, 3.8) is 0 Å². The van der Waals surface area contributed by atoms with E-state index in [2.05, 4.69) is 5.32 Å². The number of piperidine rings is 1. The Morgan fingerprint density at radius 3 is 2.45 bits per heavy atom. The molecule has 0 saturated carbocycles. The van der Waals surface area contributed by atoms with Crippen molar-refractivity contribution in [2.45, 2.75) is 23.8 Å². The number of nitrogens with one attached hydrogen (secondary N) is 1. The standard InChI is InChI=1S/C13H20N2O3S.ClH/c1-15(11-7-9-14-10-8-11)19(16,17)13-6-4-3-5-12(13)18-2;/h3-6,11,14H,7-10H2,1-2H3;1H. The van der Waals surface area contributed by atoms with Crippen LogP contribution >= 0.6 is 12.4 Å². The van der Waals surface area contributed by atoms with Gasteiger partial charge in [-0.15, -0.1) is 12.4 Å². The molecule has 1 N–H and O–H groups in total. The lowest BCUT2D eigenvalue weighted by Crippen LogP contribution is -2.43. The van der Waals surface area contributed by atoms with Crippen molar-refractivity contribution in [2.24, 2.45) is 0 Å². The number of nitrogens with zero attached hydrogens (tertiary/aromatic N) is 1. The van der Waals surface area contributed by atoms with Crippen molar-refractivity contribution >= 4 is 22.4 Å². The number of para-hydroxylation sites is 1. The van der Waals surface area contributed by atoms with Gasteiger partial charge in [-0.05, 0) is 38.1 Å². The third kappa shape index (κ3) is 3.44. The predicted octanol–water partition coefficient (Wildman–Crippen LogP) is 1.49. The van der Waals surface area contributed by atoms with Gasteiger partial charge in [0, 0.05) is 13.1 Å². The molecule has 1 heterocycles. The van der Waals surface area contributed by atoms with E-state index in [1.807, 2.05) is 0 Å². The van der Waals surface area contributed by atoms with E-state index in [9.17, 15) is 8.42 Å². The first kappa shape index (κ1) is 17.2. The van der Waals surface area contributed by atoms with Crippen molar-refractivity contribution in [1.82, 2.24) is 9.62 Å². The molecule has 7 heteroatoms. The van der Waals surface area contributed by atoms with E-state index in [1.54, 1.807) is 31.3 Å². The average molecular weight is 321 g/mol. The molecule has 1 aliphatic heterocycles. The van der Waals surface area contributed by atoms with Gasteiger partial charge in [0.25, 0.3) is 0 Å². The van der Waals surface area contributed by atoms with Crippen LogP contribution in [0.15, 0.2) is 29.2 Å². The summed E-state index contributed by atoms with van der Waals surface area (Å²) in [6.07, 6.45) is 1.68. The van der Waals surface area contributed by atoms with Crippen LogP contribution in [0.5, 0.6) is 5.75 Å². The highest BCUT2D eigenvalue weighted by molar-refractivity contribution is 7.89. The first-order chi connectivity index (χ1) is 9.07. The molecule has 0 spiro atoms. The molecule has 114 valence electrons. The van der Waals surface area contributed by atoms with E-state index in [0.29, 0.717) is 5.75 Å². The number of benzene rings is 1. The number of rotatable bonds is 4. The maximum Gasteiger partial charge on any atom is 0.246 e. The quantitative estimate of drug-likeness (QED) is 0.913. The Hall–Kier alpha value is -0.820. The molecule has 20 heavy (non-hydrogen) atoms. The Balaban J connectivity index is 0.00000200. The smallest absolute Gasteiger partial charge is 0.246 e. The topological polar surface area (TPSA) is 58.6 Å². The van der Waals surface area contributed by atoms with Gasteiger partial charge in [0.05, 0.1) is 7.11 Å². The van der Waals surface area contributed by atoms with Gasteiger partial charge in [-0.25, -0.2) is 8.42 Å². The summed E-state index contributed by atoms with van der Waals surface area (Å²) in [4.78, 5) is 0.235. The van der Waals surface area contributed by atoms with Crippen molar-refractivity contribution < 1.29 is 13.2 Å². The molecule has 1 aliphatic rings. The summed E-state index contributed by atoms with van der Waals surface area (Å²) in [5, 5.41) is 3.24. The molecular formula is C13H21ClN2O3S. The molecule has 1 aromatic carbocycles. The Morgan fingerprint density at radius 2 is 1.85 bits per heavy atom. The van der Waals surface area contributed by atoms with Crippen molar-refractivity contribution in [1.29, 1.82) is 0 Å². The zero-order valence-electron chi connectivity index (χ0n) is 11.7. The van der Waals surface area contributed by atoms with Crippen LogP contribution in [-0.2, 0) is 10.0 Å². The molecule has 1 saturated heterocycles. The minimum atomic E-state index is -3.50. The van der Waals surface area contributed by atoms with Crippen LogP contribution in [0.3, 0.4) is 0 Å². The molecule has 0 atom stereocenters. The molecule has 0 radical (unpaired) electrons. The predicted molar refractivity (Wildman–Crippen MR) is 81.1 cm³/mol. The minimum Gasteiger partial charge on any atom is -0.495 e. The zero-order chi connectivity index (χ0) is 13.9. The summed E-state index contributed by atoms with van der Waals surface area (Å²) in [5.41, 5.74) is 0. The summed E-state index contributed by atoms with van der Waals surface area (Å²) >= 11 is 0. The van der Waals surface area contributed by atoms with E-state index in [-0.39, 0.29) is 23.3 Å². The zero-order valence-corrected chi connectivity index (χ0v) is 13.3. The van der Waals surface area contributed by atoms with Gasteiger partial charge in [0.15, 0.2) is 0 Å². The third-order valence-corrected chi connectivity index (χ3v) is 5.50. The Bertz CT molecular complexity index is 530. The lowest BCUT2D eigenvalue weighted by Gasteiger charge is -2.31. The van der Waals surface area contributed by atoms with Gasteiger partial charge in [-0.3, -0.25) is 0 Å². The van der Waals surface area contributed by atoms with E-state index in [0.717, 1.165) is 25.9 Å². The fourth-order valence-corrected chi connectivity index (χ4v) is 3.92. The van der Waals surface area contributed by atoms with Crippen molar-refractivity contribution in [3.05, 3.63) is 24.3 Å². The fraction of sp³-hybridized carbons (Fsp3) is 0.538. The highest BCUT2D eigenvalue weighted by atomic mass is 35.5.